The number of hydrogen-bond acceptors (Lipinski definition) is 5. The summed E-state index contributed by atoms with van der Waals surface area (Å²) >= 11 is 7.23. The highest BCUT2D eigenvalue weighted by atomic mass is 35.5. The molecule has 27 heavy (non-hydrogen) atoms. The van der Waals surface area contributed by atoms with Crippen molar-refractivity contribution in [2.45, 2.75) is 10.6 Å². The Kier molecular flexibility index (Phi) is 4.59. The van der Waals surface area contributed by atoms with E-state index in [2.05, 4.69) is 9.97 Å². The molecule has 0 saturated carbocycles. The minimum atomic E-state index is -3.59. The maximum atomic E-state index is 12.6. The van der Waals surface area contributed by atoms with Crippen molar-refractivity contribution in [3.05, 3.63) is 81.2 Å². The molecular formula is C19H13ClN2O3S2. The number of rotatable bonds is 4. The third kappa shape index (κ3) is 3.53. The van der Waals surface area contributed by atoms with E-state index in [1.807, 2.05) is 17.5 Å². The Morgan fingerprint density at radius 3 is 2.44 bits per heavy atom. The van der Waals surface area contributed by atoms with Gasteiger partial charge >= 0.3 is 0 Å². The van der Waals surface area contributed by atoms with Crippen LogP contribution in [-0.2, 0) is 15.6 Å². The van der Waals surface area contributed by atoms with Crippen molar-refractivity contribution in [1.29, 1.82) is 0 Å². The van der Waals surface area contributed by atoms with Crippen molar-refractivity contribution >= 4 is 43.0 Å². The van der Waals surface area contributed by atoms with E-state index in [-0.39, 0.29) is 22.0 Å². The van der Waals surface area contributed by atoms with Crippen molar-refractivity contribution in [3.8, 4) is 11.1 Å². The zero-order chi connectivity index (χ0) is 19.0. The summed E-state index contributed by atoms with van der Waals surface area (Å²) in [5.74, 6) is -0.239. The number of aromatic amines is 1. The number of thiophene rings is 1. The van der Waals surface area contributed by atoms with Gasteiger partial charge in [0.1, 0.15) is 16.4 Å². The molecule has 0 fully saturated rings. The molecule has 4 rings (SSSR count). The molecule has 0 atom stereocenters. The standard InChI is InChI=1S/C19H13ClN2O3S2/c20-13-8-6-12(7-9-13)15-10-26-19-17(15)18(23)21-16(22-19)11-27(24,25)14-4-2-1-3-5-14/h1-10H,11H2,(H,21,22,23). The second-order valence-corrected chi connectivity index (χ2v) is 9.21. The largest absolute Gasteiger partial charge is 0.309 e. The molecular weight excluding hydrogens is 404 g/mol. The van der Waals surface area contributed by atoms with Gasteiger partial charge in [-0.05, 0) is 29.8 Å². The summed E-state index contributed by atoms with van der Waals surface area (Å²) in [5.41, 5.74) is 1.24. The van der Waals surface area contributed by atoms with Gasteiger partial charge in [-0.25, -0.2) is 13.4 Å². The van der Waals surface area contributed by atoms with Crippen LogP contribution in [0.3, 0.4) is 0 Å². The normalized spacial score (nSPS) is 11.7. The predicted octanol–water partition coefficient (Wildman–Crippen LogP) is 4.28. The third-order valence-electron chi connectivity index (χ3n) is 4.08. The first-order chi connectivity index (χ1) is 12.9. The summed E-state index contributed by atoms with van der Waals surface area (Å²) in [6.45, 7) is 0. The van der Waals surface area contributed by atoms with Crippen LogP contribution in [-0.4, -0.2) is 18.4 Å². The van der Waals surface area contributed by atoms with E-state index in [9.17, 15) is 13.2 Å². The first-order valence-electron chi connectivity index (χ1n) is 7.98. The molecule has 0 aliphatic heterocycles. The zero-order valence-electron chi connectivity index (χ0n) is 13.8. The van der Waals surface area contributed by atoms with E-state index in [0.717, 1.165) is 11.1 Å². The average molecular weight is 417 g/mol. The van der Waals surface area contributed by atoms with Crippen LogP contribution in [0, 0.1) is 0 Å². The number of aromatic nitrogens is 2. The van der Waals surface area contributed by atoms with Gasteiger partial charge < -0.3 is 4.98 Å². The zero-order valence-corrected chi connectivity index (χ0v) is 16.2. The summed E-state index contributed by atoms with van der Waals surface area (Å²) in [6.07, 6.45) is 0. The van der Waals surface area contributed by atoms with Crippen LogP contribution in [0.4, 0.5) is 0 Å². The minimum Gasteiger partial charge on any atom is -0.309 e. The summed E-state index contributed by atoms with van der Waals surface area (Å²) in [4.78, 5) is 20.3. The Hall–Kier alpha value is -2.48. The summed E-state index contributed by atoms with van der Waals surface area (Å²) < 4.78 is 25.1. The predicted molar refractivity (Wildman–Crippen MR) is 108 cm³/mol. The lowest BCUT2D eigenvalue weighted by molar-refractivity contribution is 0.594. The van der Waals surface area contributed by atoms with E-state index in [1.165, 1.54) is 23.5 Å². The van der Waals surface area contributed by atoms with E-state index in [4.69, 9.17) is 11.6 Å². The number of H-pyrrole nitrogens is 1. The molecule has 8 heteroatoms. The van der Waals surface area contributed by atoms with Crippen LogP contribution in [0.1, 0.15) is 5.82 Å². The molecule has 0 aliphatic rings. The van der Waals surface area contributed by atoms with Gasteiger partial charge in [0, 0.05) is 16.0 Å². The monoisotopic (exact) mass is 416 g/mol. The van der Waals surface area contributed by atoms with Crippen LogP contribution in [0.15, 0.2) is 69.7 Å². The van der Waals surface area contributed by atoms with Crippen LogP contribution < -0.4 is 5.56 Å². The third-order valence-corrected chi connectivity index (χ3v) is 6.85. The summed E-state index contributed by atoms with van der Waals surface area (Å²) in [6, 6.07) is 15.3. The summed E-state index contributed by atoms with van der Waals surface area (Å²) in [5, 5.41) is 2.90. The maximum absolute atomic E-state index is 12.6. The number of fused-ring (bicyclic) bond motifs is 1. The average Bonchev–Trinajstić information content (AvgIpc) is 3.07. The molecule has 0 unspecified atom stereocenters. The fraction of sp³-hybridized carbons (Fsp3) is 0.0526. The number of halogens is 1. The highest BCUT2D eigenvalue weighted by Crippen LogP contribution is 2.31. The Bertz CT molecular complexity index is 1280. The number of hydrogen-bond donors (Lipinski definition) is 1. The lowest BCUT2D eigenvalue weighted by atomic mass is 10.1. The molecule has 1 N–H and O–H groups in total. The molecule has 0 amide bonds. The minimum absolute atomic E-state index is 0.126. The Balaban J connectivity index is 1.76. The molecule has 0 saturated heterocycles. The van der Waals surface area contributed by atoms with Gasteiger partial charge in [-0.2, -0.15) is 0 Å². The van der Waals surface area contributed by atoms with Gasteiger partial charge in [-0.15, -0.1) is 11.3 Å². The maximum Gasteiger partial charge on any atom is 0.260 e. The van der Waals surface area contributed by atoms with Crippen molar-refractivity contribution < 1.29 is 8.42 Å². The van der Waals surface area contributed by atoms with E-state index in [0.29, 0.717) is 15.2 Å². The number of benzene rings is 2. The molecule has 0 bridgehead atoms. The van der Waals surface area contributed by atoms with Crippen molar-refractivity contribution in [1.82, 2.24) is 9.97 Å². The van der Waals surface area contributed by atoms with Gasteiger partial charge in [0.2, 0.25) is 0 Å². The van der Waals surface area contributed by atoms with Crippen molar-refractivity contribution in [2.24, 2.45) is 0 Å². The SMILES string of the molecule is O=c1[nH]c(CS(=O)(=O)c2ccccc2)nc2scc(-c3ccc(Cl)cc3)c12. The topological polar surface area (TPSA) is 79.9 Å². The second kappa shape index (κ2) is 6.92. The molecule has 0 spiro atoms. The van der Waals surface area contributed by atoms with Gasteiger partial charge in [0.15, 0.2) is 9.84 Å². The molecule has 5 nitrogen and oxygen atoms in total. The lowest BCUT2D eigenvalue weighted by Gasteiger charge is -2.05. The fourth-order valence-corrected chi connectivity index (χ4v) is 5.12. The molecule has 4 aromatic rings. The van der Waals surface area contributed by atoms with E-state index >= 15 is 0 Å². The lowest BCUT2D eigenvalue weighted by Crippen LogP contribution is -2.15. The quantitative estimate of drug-likeness (QED) is 0.538. The summed E-state index contributed by atoms with van der Waals surface area (Å²) in [7, 11) is -3.59. The van der Waals surface area contributed by atoms with E-state index in [1.54, 1.807) is 30.3 Å². The Morgan fingerprint density at radius 2 is 1.74 bits per heavy atom. The highest BCUT2D eigenvalue weighted by molar-refractivity contribution is 7.90. The van der Waals surface area contributed by atoms with Crippen LogP contribution in [0.25, 0.3) is 21.3 Å². The highest BCUT2D eigenvalue weighted by Gasteiger charge is 2.19. The fourth-order valence-electron chi connectivity index (χ4n) is 2.79. The number of nitrogens with zero attached hydrogens (tertiary/aromatic N) is 1. The molecule has 0 aliphatic carbocycles. The Labute approximate surface area is 164 Å². The van der Waals surface area contributed by atoms with Crippen LogP contribution in [0.5, 0.6) is 0 Å². The second-order valence-electron chi connectivity index (χ2n) is 5.92. The number of sulfone groups is 1. The van der Waals surface area contributed by atoms with Crippen molar-refractivity contribution in [3.63, 3.8) is 0 Å². The van der Waals surface area contributed by atoms with Crippen LogP contribution >= 0.6 is 22.9 Å². The molecule has 0 radical (unpaired) electrons. The Morgan fingerprint density at radius 1 is 1.04 bits per heavy atom. The number of nitrogens with one attached hydrogen (secondary N) is 1. The smallest absolute Gasteiger partial charge is 0.260 e. The first kappa shape index (κ1) is 17.9. The molecule has 2 aromatic heterocycles. The van der Waals surface area contributed by atoms with E-state index < -0.39 is 9.84 Å². The van der Waals surface area contributed by atoms with Gasteiger partial charge in [0.05, 0.1) is 10.3 Å². The molecule has 136 valence electrons. The molecule has 2 heterocycles. The van der Waals surface area contributed by atoms with Crippen molar-refractivity contribution in [2.75, 3.05) is 0 Å². The molecule has 2 aromatic carbocycles. The van der Waals surface area contributed by atoms with Gasteiger partial charge in [-0.3, -0.25) is 4.79 Å². The van der Waals surface area contributed by atoms with Gasteiger partial charge in [0.25, 0.3) is 5.56 Å². The van der Waals surface area contributed by atoms with Crippen LogP contribution in [0.2, 0.25) is 5.02 Å². The first-order valence-corrected chi connectivity index (χ1v) is 10.9. The van der Waals surface area contributed by atoms with Gasteiger partial charge in [-0.1, -0.05) is 41.9 Å².